The van der Waals surface area contributed by atoms with E-state index in [1.807, 2.05) is 4.90 Å². The number of rotatable bonds is 5. The molecule has 1 amide bonds. The molecule has 116 valence electrons. The normalized spacial score (nSPS) is 25.1. The van der Waals surface area contributed by atoms with Crippen LogP contribution in [0, 0.1) is 5.92 Å². The van der Waals surface area contributed by atoms with Crippen LogP contribution in [0.2, 0.25) is 0 Å². The van der Waals surface area contributed by atoms with Gasteiger partial charge in [0.25, 0.3) is 0 Å². The molecule has 2 aliphatic rings. The van der Waals surface area contributed by atoms with Crippen LogP contribution in [0.4, 0.5) is 0 Å². The molecular formula is C15H29N3O2. The number of nitrogens with one attached hydrogen (secondary N) is 1. The highest BCUT2D eigenvalue weighted by molar-refractivity contribution is 5.82. The maximum absolute atomic E-state index is 12.4. The molecule has 20 heavy (non-hydrogen) atoms. The average molecular weight is 283 g/mol. The summed E-state index contributed by atoms with van der Waals surface area (Å²) in [7, 11) is 0. The summed E-state index contributed by atoms with van der Waals surface area (Å²) in [5.41, 5.74) is 0. The quantitative estimate of drug-likeness (QED) is 0.800. The van der Waals surface area contributed by atoms with Gasteiger partial charge in [0.1, 0.15) is 6.04 Å². The van der Waals surface area contributed by atoms with Crippen molar-refractivity contribution in [2.24, 2.45) is 5.92 Å². The van der Waals surface area contributed by atoms with Crippen molar-refractivity contribution in [1.29, 1.82) is 0 Å². The minimum absolute atomic E-state index is 0.122. The van der Waals surface area contributed by atoms with Crippen molar-refractivity contribution in [2.75, 3.05) is 52.5 Å². The number of carbonyl (C=O) groups excluding carboxylic acids is 1. The maximum atomic E-state index is 12.4. The predicted molar refractivity (Wildman–Crippen MR) is 79.7 cm³/mol. The first-order valence-corrected chi connectivity index (χ1v) is 8.06. The minimum Gasteiger partial charge on any atom is -0.378 e. The highest BCUT2D eigenvalue weighted by atomic mass is 16.5. The van der Waals surface area contributed by atoms with Crippen LogP contribution in [0.3, 0.4) is 0 Å². The Hall–Kier alpha value is -0.650. The lowest BCUT2D eigenvalue weighted by Crippen LogP contribution is -2.54. The first-order chi connectivity index (χ1) is 9.74. The molecule has 0 aliphatic carbocycles. The van der Waals surface area contributed by atoms with E-state index in [0.29, 0.717) is 6.61 Å². The monoisotopic (exact) mass is 283 g/mol. The fourth-order valence-electron chi connectivity index (χ4n) is 3.13. The molecule has 0 bridgehead atoms. The van der Waals surface area contributed by atoms with Gasteiger partial charge in [-0.25, -0.2) is 0 Å². The highest BCUT2D eigenvalue weighted by Crippen LogP contribution is 2.19. The van der Waals surface area contributed by atoms with Gasteiger partial charge in [0.15, 0.2) is 0 Å². The van der Waals surface area contributed by atoms with Crippen LogP contribution >= 0.6 is 0 Å². The van der Waals surface area contributed by atoms with Crippen molar-refractivity contribution < 1.29 is 9.53 Å². The summed E-state index contributed by atoms with van der Waals surface area (Å²) in [5.74, 6) is 0.973. The third kappa shape index (κ3) is 4.17. The Bertz CT molecular complexity index is 293. The summed E-state index contributed by atoms with van der Waals surface area (Å²) in [4.78, 5) is 16.9. The highest BCUT2D eigenvalue weighted by Gasteiger charge is 2.29. The Morgan fingerprint density at radius 2 is 2.00 bits per heavy atom. The van der Waals surface area contributed by atoms with Crippen molar-refractivity contribution in [3.05, 3.63) is 0 Å². The van der Waals surface area contributed by atoms with Gasteiger partial charge in [0.2, 0.25) is 5.91 Å². The van der Waals surface area contributed by atoms with E-state index < -0.39 is 0 Å². The molecule has 2 heterocycles. The molecule has 0 spiro atoms. The van der Waals surface area contributed by atoms with E-state index in [1.165, 1.54) is 6.54 Å². The molecule has 0 aromatic heterocycles. The molecule has 2 aliphatic heterocycles. The zero-order valence-corrected chi connectivity index (χ0v) is 12.9. The van der Waals surface area contributed by atoms with Crippen molar-refractivity contribution in [2.45, 2.75) is 32.7 Å². The zero-order valence-electron chi connectivity index (χ0n) is 12.9. The number of ether oxygens (including phenoxy) is 1. The SMILES string of the molecule is CCN(CC)CC1CCN(C(=O)C2COCCN2)CC1. The second-order valence-corrected chi connectivity index (χ2v) is 5.84. The van der Waals surface area contributed by atoms with E-state index in [-0.39, 0.29) is 11.9 Å². The molecule has 1 unspecified atom stereocenters. The lowest BCUT2D eigenvalue weighted by atomic mass is 9.95. The van der Waals surface area contributed by atoms with Crippen LogP contribution in [0.1, 0.15) is 26.7 Å². The van der Waals surface area contributed by atoms with E-state index >= 15 is 0 Å². The first-order valence-electron chi connectivity index (χ1n) is 8.06. The molecular weight excluding hydrogens is 254 g/mol. The van der Waals surface area contributed by atoms with Gasteiger partial charge in [-0.05, 0) is 31.8 Å². The maximum Gasteiger partial charge on any atom is 0.242 e. The number of hydrogen-bond donors (Lipinski definition) is 1. The first kappa shape index (κ1) is 15.7. The molecule has 1 atom stereocenters. The third-order valence-electron chi connectivity index (χ3n) is 4.56. The van der Waals surface area contributed by atoms with Crippen molar-refractivity contribution in [3.8, 4) is 0 Å². The van der Waals surface area contributed by atoms with Crippen LogP contribution in [0.5, 0.6) is 0 Å². The molecule has 1 N–H and O–H groups in total. The van der Waals surface area contributed by atoms with Gasteiger partial charge in [-0.1, -0.05) is 13.8 Å². The van der Waals surface area contributed by atoms with Crippen molar-refractivity contribution in [1.82, 2.24) is 15.1 Å². The lowest BCUT2D eigenvalue weighted by Gasteiger charge is -2.36. The molecule has 0 aromatic carbocycles. The Kier molecular flexibility index (Phi) is 6.26. The zero-order chi connectivity index (χ0) is 14.4. The Labute approximate surface area is 122 Å². The van der Waals surface area contributed by atoms with Crippen molar-refractivity contribution in [3.63, 3.8) is 0 Å². The summed E-state index contributed by atoms with van der Waals surface area (Å²) in [6.07, 6.45) is 2.27. The second-order valence-electron chi connectivity index (χ2n) is 5.84. The lowest BCUT2D eigenvalue weighted by molar-refractivity contribution is -0.137. The minimum atomic E-state index is -0.122. The van der Waals surface area contributed by atoms with Crippen LogP contribution < -0.4 is 5.32 Å². The smallest absolute Gasteiger partial charge is 0.242 e. The van der Waals surface area contributed by atoms with Gasteiger partial charge in [-0.3, -0.25) is 4.79 Å². The standard InChI is InChI=1S/C15H29N3O2/c1-3-17(4-2)11-13-5-8-18(9-6-13)15(19)14-12-20-10-7-16-14/h13-14,16H,3-12H2,1-2H3. The number of hydrogen-bond acceptors (Lipinski definition) is 4. The van der Waals surface area contributed by atoms with Crippen LogP contribution in [-0.2, 0) is 9.53 Å². The molecule has 0 radical (unpaired) electrons. The van der Waals surface area contributed by atoms with E-state index in [9.17, 15) is 4.79 Å². The molecule has 5 heteroatoms. The summed E-state index contributed by atoms with van der Waals surface area (Å²) in [6, 6.07) is -0.122. The molecule has 0 saturated carbocycles. The number of piperidine rings is 1. The topological polar surface area (TPSA) is 44.8 Å². The fraction of sp³-hybridized carbons (Fsp3) is 0.933. The number of nitrogens with zero attached hydrogens (tertiary/aromatic N) is 2. The number of amides is 1. The number of likely N-dealkylation sites (tertiary alicyclic amines) is 1. The van der Waals surface area contributed by atoms with Gasteiger partial charge in [0, 0.05) is 26.2 Å². The van der Waals surface area contributed by atoms with Crippen LogP contribution in [0.15, 0.2) is 0 Å². The Morgan fingerprint density at radius 3 is 2.55 bits per heavy atom. The van der Waals surface area contributed by atoms with Gasteiger partial charge in [-0.2, -0.15) is 0 Å². The Balaban J connectivity index is 1.74. The molecule has 5 nitrogen and oxygen atoms in total. The summed E-state index contributed by atoms with van der Waals surface area (Å²) >= 11 is 0. The summed E-state index contributed by atoms with van der Waals surface area (Å²) in [5, 5.41) is 3.25. The van der Waals surface area contributed by atoms with Crippen LogP contribution in [-0.4, -0.2) is 74.2 Å². The average Bonchev–Trinajstić information content (AvgIpc) is 2.53. The third-order valence-corrected chi connectivity index (χ3v) is 4.56. The second kappa shape index (κ2) is 7.96. The van der Waals surface area contributed by atoms with Gasteiger partial charge in [-0.15, -0.1) is 0 Å². The van der Waals surface area contributed by atoms with E-state index in [1.54, 1.807) is 0 Å². The Morgan fingerprint density at radius 1 is 1.30 bits per heavy atom. The van der Waals surface area contributed by atoms with E-state index in [0.717, 1.165) is 58.1 Å². The molecule has 2 saturated heterocycles. The summed E-state index contributed by atoms with van der Waals surface area (Å²) in [6.45, 7) is 11.7. The van der Waals surface area contributed by atoms with Gasteiger partial charge in [0.05, 0.1) is 13.2 Å². The van der Waals surface area contributed by atoms with E-state index in [2.05, 4.69) is 24.1 Å². The van der Waals surface area contributed by atoms with Gasteiger partial charge < -0.3 is 19.9 Å². The van der Waals surface area contributed by atoms with Gasteiger partial charge >= 0.3 is 0 Å². The predicted octanol–water partition coefficient (Wildman–Crippen LogP) is 0.555. The molecule has 2 fully saturated rings. The number of carbonyl (C=O) groups is 1. The van der Waals surface area contributed by atoms with Crippen molar-refractivity contribution >= 4 is 5.91 Å². The fourth-order valence-corrected chi connectivity index (χ4v) is 3.13. The van der Waals surface area contributed by atoms with E-state index in [4.69, 9.17) is 4.74 Å². The largest absolute Gasteiger partial charge is 0.378 e. The molecule has 0 aromatic rings. The number of morpholine rings is 1. The van der Waals surface area contributed by atoms with Crippen LogP contribution in [0.25, 0.3) is 0 Å². The summed E-state index contributed by atoms with van der Waals surface area (Å²) < 4.78 is 5.38. The molecule has 2 rings (SSSR count).